The molecule has 3 aliphatic rings. The Morgan fingerprint density at radius 3 is 2.50 bits per heavy atom. The van der Waals surface area contributed by atoms with Gasteiger partial charge in [-0.05, 0) is 35.6 Å². The summed E-state index contributed by atoms with van der Waals surface area (Å²) in [7, 11) is 0. The van der Waals surface area contributed by atoms with Crippen molar-refractivity contribution in [2.45, 2.75) is 6.54 Å². The van der Waals surface area contributed by atoms with E-state index in [0.29, 0.717) is 18.6 Å². The normalized spacial score (nSPS) is 25.2. The lowest BCUT2D eigenvalue weighted by molar-refractivity contribution is 0.174. The smallest absolute Gasteiger partial charge is 0.231 e. The zero-order valence-electron chi connectivity index (χ0n) is 13.5. The second kappa shape index (κ2) is 5.63. The molecule has 124 valence electrons. The van der Waals surface area contributed by atoms with Gasteiger partial charge in [-0.1, -0.05) is 6.07 Å². The largest absolute Gasteiger partial charge is 0.454 e. The summed E-state index contributed by atoms with van der Waals surface area (Å²) >= 11 is 0. The van der Waals surface area contributed by atoms with Crippen molar-refractivity contribution in [3.63, 3.8) is 0 Å². The topological polar surface area (TPSA) is 50.7 Å². The molecule has 2 atom stereocenters. The molecule has 24 heavy (non-hydrogen) atoms. The lowest BCUT2D eigenvalue weighted by atomic mass is 10.0. The average Bonchev–Trinajstić information content (AvgIpc) is 3.29. The Morgan fingerprint density at radius 2 is 1.71 bits per heavy atom. The van der Waals surface area contributed by atoms with Crippen LogP contribution in [0.5, 0.6) is 11.5 Å². The van der Waals surface area contributed by atoms with E-state index in [0.717, 1.165) is 50.2 Å². The minimum atomic E-state index is 0.337. The highest BCUT2D eigenvalue weighted by Crippen LogP contribution is 2.35. The monoisotopic (exact) mass is 324 g/mol. The quantitative estimate of drug-likeness (QED) is 0.858. The Bertz CT molecular complexity index is 725. The number of ether oxygens (including phenoxy) is 2. The van der Waals surface area contributed by atoms with Gasteiger partial charge < -0.3 is 14.4 Å². The summed E-state index contributed by atoms with van der Waals surface area (Å²) in [4.78, 5) is 13.6. The Kier molecular flexibility index (Phi) is 3.29. The SMILES string of the molecule is c1cnc(N2C[C@H]3CN(Cc4ccc5c(c4)OCO5)C[C@H]3C2)nc1. The lowest BCUT2D eigenvalue weighted by Crippen LogP contribution is -2.29. The first-order chi connectivity index (χ1) is 11.8. The number of nitrogens with zero attached hydrogens (tertiary/aromatic N) is 4. The molecule has 2 fully saturated rings. The van der Waals surface area contributed by atoms with Gasteiger partial charge in [-0.25, -0.2) is 9.97 Å². The van der Waals surface area contributed by atoms with Crippen LogP contribution in [0.3, 0.4) is 0 Å². The molecule has 5 rings (SSSR count). The van der Waals surface area contributed by atoms with Crippen molar-refractivity contribution < 1.29 is 9.47 Å². The minimum Gasteiger partial charge on any atom is -0.454 e. The first-order valence-electron chi connectivity index (χ1n) is 8.48. The van der Waals surface area contributed by atoms with Crippen LogP contribution in [0, 0.1) is 11.8 Å². The van der Waals surface area contributed by atoms with Gasteiger partial charge in [-0.3, -0.25) is 4.90 Å². The molecule has 1 aromatic heterocycles. The third kappa shape index (κ3) is 2.47. The average molecular weight is 324 g/mol. The van der Waals surface area contributed by atoms with Crippen molar-refractivity contribution >= 4 is 5.95 Å². The zero-order chi connectivity index (χ0) is 15.9. The van der Waals surface area contributed by atoms with E-state index in [-0.39, 0.29) is 0 Å². The van der Waals surface area contributed by atoms with Gasteiger partial charge >= 0.3 is 0 Å². The Balaban J connectivity index is 1.22. The fraction of sp³-hybridized carbons (Fsp3) is 0.444. The Hall–Kier alpha value is -2.34. The molecule has 0 amide bonds. The van der Waals surface area contributed by atoms with E-state index in [1.807, 2.05) is 24.5 Å². The fourth-order valence-corrected chi connectivity index (χ4v) is 4.13. The number of fused-ring (bicyclic) bond motifs is 2. The van der Waals surface area contributed by atoms with Crippen LogP contribution in [0.25, 0.3) is 0 Å². The third-order valence-electron chi connectivity index (χ3n) is 5.24. The van der Waals surface area contributed by atoms with E-state index >= 15 is 0 Å². The van der Waals surface area contributed by atoms with Crippen molar-refractivity contribution in [1.29, 1.82) is 0 Å². The molecule has 0 unspecified atom stereocenters. The molecule has 3 aliphatic heterocycles. The predicted octanol–water partition coefficient (Wildman–Crippen LogP) is 1.77. The summed E-state index contributed by atoms with van der Waals surface area (Å²) in [6, 6.07) is 8.14. The number of benzene rings is 1. The summed E-state index contributed by atoms with van der Waals surface area (Å²) in [5, 5.41) is 0. The van der Waals surface area contributed by atoms with E-state index in [2.05, 4.69) is 31.9 Å². The summed E-state index contributed by atoms with van der Waals surface area (Å²) < 4.78 is 10.9. The van der Waals surface area contributed by atoms with Crippen molar-refractivity contribution in [2.75, 3.05) is 37.9 Å². The van der Waals surface area contributed by atoms with Crippen LogP contribution < -0.4 is 14.4 Å². The van der Waals surface area contributed by atoms with Gasteiger partial charge in [0.15, 0.2) is 11.5 Å². The number of likely N-dealkylation sites (tertiary alicyclic amines) is 1. The van der Waals surface area contributed by atoms with Crippen LogP contribution in [-0.4, -0.2) is 47.8 Å². The van der Waals surface area contributed by atoms with Gasteiger partial charge in [0.05, 0.1) is 0 Å². The van der Waals surface area contributed by atoms with Crippen LogP contribution in [-0.2, 0) is 6.54 Å². The van der Waals surface area contributed by atoms with Gasteiger partial charge in [-0.2, -0.15) is 0 Å². The van der Waals surface area contributed by atoms with Crippen molar-refractivity contribution in [3.8, 4) is 11.5 Å². The summed E-state index contributed by atoms with van der Waals surface area (Å²) in [6.45, 7) is 5.72. The molecule has 0 spiro atoms. The number of hydrogen-bond acceptors (Lipinski definition) is 6. The van der Waals surface area contributed by atoms with Crippen molar-refractivity contribution in [2.24, 2.45) is 11.8 Å². The van der Waals surface area contributed by atoms with Crippen molar-refractivity contribution in [1.82, 2.24) is 14.9 Å². The van der Waals surface area contributed by atoms with E-state index in [9.17, 15) is 0 Å². The van der Waals surface area contributed by atoms with Crippen LogP contribution >= 0.6 is 0 Å². The van der Waals surface area contributed by atoms with Gasteiger partial charge in [-0.15, -0.1) is 0 Å². The summed E-state index contributed by atoms with van der Waals surface area (Å²) in [6.07, 6.45) is 3.64. The molecule has 2 saturated heterocycles. The van der Waals surface area contributed by atoms with Gasteiger partial charge in [0, 0.05) is 45.1 Å². The summed E-state index contributed by atoms with van der Waals surface area (Å²) in [5.74, 6) is 4.02. The van der Waals surface area contributed by atoms with E-state index in [1.165, 1.54) is 5.56 Å². The van der Waals surface area contributed by atoms with E-state index < -0.39 is 0 Å². The molecule has 0 saturated carbocycles. The maximum absolute atomic E-state index is 5.48. The number of rotatable bonds is 3. The Labute approximate surface area is 141 Å². The summed E-state index contributed by atoms with van der Waals surface area (Å²) in [5.41, 5.74) is 1.29. The molecule has 0 N–H and O–H groups in total. The number of hydrogen-bond donors (Lipinski definition) is 0. The van der Waals surface area contributed by atoms with Crippen LogP contribution in [0.15, 0.2) is 36.7 Å². The molecule has 0 aliphatic carbocycles. The standard InChI is InChI=1S/C18H20N4O2/c1-4-19-18(20-5-1)22-10-14-8-21(9-15(14)11-22)7-13-2-3-16-17(6-13)24-12-23-16/h1-6,14-15H,7-12H2/t14-,15+. The van der Waals surface area contributed by atoms with Crippen LogP contribution in [0.4, 0.5) is 5.95 Å². The lowest BCUT2D eigenvalue weighted by Gasteiger charge is -2.21. The zero-order valence-corrected chi connectivity index (χ0v) is 13.5. The molecule has 1 aromatic carbocycles. The molecule has 0 bridgehead atoms. The highest BCUT2D eigenvalue weighted by atomic mass is 16.7. The Morgan fingerprint density at radius 1 is 0.958 bits per heavy atom. The first-order valence-corrected chi connectivity index (χ1v) is 8.48. The minimum absolute atomic E-state index is 0.337. The first kappa shape index (κ1) is 14.0. The molecule has 6 heteroatoms. The highest BCUT2D eigenvalue weighted by molar-refractivity contribution is 5.44. The van der Waals surface area contributed by atoms with Gasteiger partial charge in [0.25, 0.3) is 0 Å². The van der Waals surface area contributed by atoms with Gasteiger partial charge in [0.1, 0.15) is 0 Å². The maximum atomic E-state index is 5.48. The molecule has 2 aromatic rings. The third-order valence-corrected chi connectivity index (χ3v) is 5.24. The molecule has 0 radical (unpaired) electrons. The molecule has 6 nitrogen and oxygen atoms in total. The molecular weight excluding hydrogens is 304 g/mol. The number of aromatic nitrogens is 2. The van der Waals surface area contributed by atoms with Gasteiger partial charge in [0.2, 0.25) is 12.7 Å². The predicted molar refractivity (Wildman–Crippen MR) is 89.1 cm³/mol. The van der Waals surface area contributed by atoms with Crippen molar-refractivity contribution in [3.05, 3.63) is 42.2 Å². The fourth-order valence-electron chi connectivity index (χ4n) is 4.13. The number of anilines is 1. The van der Waals surface area contributed by atoms with Crippen LogP contribution in [0.1, 0.15) is 5.56 Å². The maximum Gasteiger partial charge on any atom is 0.231 e. The molecular formula is C18H20N4O2. The highest BCUT2D eigenvalue weighted by Gasteiger charge is 2.40. The van der Waals surface area contributed by atoms with E-state index in [4.69, 9.17) is 9.47 Å². The second-order valence-electron chi connectivity index (χ2n) is 6.86. The second-order valence-corrected chi connectivity index (χ2v) is 6.86. The van der Waals surface area contributed by atoms with Crippen LogP contribution in [0.2, 0.25) is 0 Å². The molecule has 4 heterocycles. The van der Waals surface area contributed by atoms with E-state index in [1.54, 1.807) is 0 Å².